The number of nitrogens with two attached hydrogens (primary N) is 1. The van der Waals surface area contributed by atoms with Gasteiger partial charge < -0.3 is 15.2 Å². The highest BCUT2D eigenvalue weighted by Gasteiger charge is 2.15. The van der Waals surface area contributed by atoms with E-state index in [4.69, 9.17) is 15.2 Å². The molecule has 14 heavy (non-hydrogen) atoms. The minimum absolute atomic E-state index is 0.237. The number of halogens is 1. The number of aryl methyl sites for hydroxylation is 1. The van der Waals surface area contributed by atoms with E-state index in [-0.39, 0.29) is 13.5 Å². The third-order valence-electron chi connectivity index (χ3n) is 2.21. The van der Waals surface area contributed by atoms with E-state index < -0.39 is 0 Å². The molecule has 1 heterocycles. The third kappa shape index (κ3) is 1.60. The summed E-state index contributed by atoms with van der Waals surface area (Å²) in [5.41, 5.74) is 7.34. The Labute approximate surface area is 81.6 Å². The van der Waals surface area contributed by atoms with Crippen molar-refractivity contribution in [3.8, 4) is 11.5 Å². The first kappa shape index (κ1) is 9.12. The SMILES string of the molecule is Nc1cc2c(cc1CCCF)OCO2. The molecule has 1 aromatic carbocycles. The van der Waals surface area contributed by atoms with E-state index in [1.807, 2.05) is 6.07 Å². The molecule has 76 valence electrons. The summed E-state index contributed by atoms with van der Waals surface area (Å²) < 4.78 is 22.4. The van der Waals surface area contributed by atoms with E-state index in [0.29, 0.717) is 30.0 Å². The van der Waals surface area contributed by atoms with E-state index in [1.54, 1.807) is 6.07 Å². The molecule has 1 aromatic rings. The summed E-state index contributed by atoms with van der Waals surface area (Å²) in [5.74, 6) is 1.37. The van der Waals surface area contributed by atoms with Gasteiger partial charge in [-0.05, 0) is 24.5 Å². The van der Waals surface area contributed by atoms with Crippen molar-refractivity contribution in [1.29, 1.82) is 0 Å². The molecule has 0 saturated carbocycles. The van der Waals surface area contributed by atoms with E-state index in [1.165, 1.54) is 0 Å². The lowest BCUT2D eigenvalue weighted by Gasteiger charge is -2.05. The second-order valence-electron chi connectivity index (χ2n) is 3.20. The number of hydrogen-bond donors (Lipinski definition) is 1. The minimum Gasteiger partial charge on any atom is -0.454 e. The maximum atomic E-state index is 12.0. The van der Waals surface area contributed by atoms with E-state index in [2.05, 4.69) is 0 Å². The Morgan fingerprint density at radius 1 is 1.29 bits per heavy atom. The van der Waals surface area contributed by atoms with Crippen LogP contribution < -0.4 is 15.2 Å². The summed E-state index contributed by atoms with van der Waals surface area (Å²) in [7, 11) is 0. The highest BCUT2D eigenvalue weighted by Crippen LogP contribution is 2.36. The van der Waals surface area contributed by atoms with Crippen LogP contribution in [0.15, 0.2) is 12.1 Å². The van der Waals surface area contributed by atoms with E-state index >= 15 is 0 Å². The zero-order valence-corrected chi connectivity index (χ0v) is 7.75. The molecule has 0 radical (unpaired) electrons. The van der Waals surface area contributed by atoms with Crippen LogP contribution in [0.4, 0.5) is 10.1 Å². The number of rotatable bonds is 3. The highest BCUT2D eigenvalue weighted by atomic mass is 19.1. The molecule has 0 fully saturated rings. The Kier molecular flexibility index (Phi) is 2.43. The average molecular weight is 197 g/mol. The predicted octanol–water partition coefficient (Wildman–Crippen LogP) is 1.90. The van der Waals surface area contributed by atoms with Crippen molar-refractivity contribution in [2.75, 3.05) is 19.2 Å². The summed E-state index contributed by atoms with van der Waals surface area (Å²) in [6.45, 7) is -0.0881. The van der Waals surface area contributed by atoms with Gasteiger partial charge in [0.25, 0.3) is 0 Å². The van der Waals surface area contributed by atoms with Gasteiger partial charge in [0.2, 0.25) is 6.79 Å². The molecule has 0 unspecified atom stereocenters. The van der Waals surface area contributed by atoms with E-state index in [9.17, 15) is 4.39 Å². The monoisotopic (exact) mass is 197 g/mol. The lowest BCUT2D eigenvalue weighted by Crippen LogP contribution is -1.95. The number of alkyl halides is 1. The number of nitrogen functional groups attached to an aromatic ring is 1. The van der Waals surface area contributed by atoms with Gasteiger partial charge in [-0.2, -0.15) is 0 Å². The van der Waals surface area contributed by atoms with Crippen LogP contribution in [0.1, 0.15) is 12.0 Å². The van der Waals surface area contributed by atoms with Crippen molar-refractivity contribution < 1.29 is 13.9 Å². The molecule has 0 saturated heterocycles. The Hall–Kier alpha value is -1.45. The molecule has 0 atom stereocenters. The Morgan fingerprint density at radius 2 is 2.00 bits per heavy atom. The van der Waals surface area contributed by atoms with Crippen molar-refractivity contribution in [1.82, 2.24) is 0 Å². The second kappa shape index (κ2) is 3.74. The highest BCUT2D eigenvalue weighted by molar-refractivity contribution is 5.58. The first-order chi connectivity index (χ1) is 6.81. The van der Waals surface area contributed by atoms with Crippen LogP contribution in [-0.4, -0.2) is 13.5 Å². The maximum Gasteiger partial charge on any atom is 0.231 e. The average Bonchev–Trinajstić information content (AvgIpc) is 2.61. The topological polar surface area (TPSA) is 44.5 Å². The molecule has 0 aliphatic carbocycles. The van der Waals surface area contributed by atoms with Crippen molar-refractivity contribution in [2.45, 2.75) is 12.8 Å². The summed E-state index contributed by atoms with van der Waals surface area (Å²) in [5, 5.41) is 0. The van der Waals surface area contributed by atoms with Crippen molar-refractivity contribution in [3.63, 3.8) is 0 Å². The van der Waals surface area contributed by atoms with E-state index in [0.717, 1.165) is 5.56 Å². The molecule has 1 aliphatic heterocycles. The van der Waals surface area contributed by atoms with Crippen LogP contribution in [-0.2, 0) is 6.42 Å². The van der Waals surface area contributed by atoms with Crippen molar-refractivity contribution in [2.24, 2.45) is 0 Å². The van der Waals surface area contributed by atoms with Crippen LogP contribution in [0.2, 0.25) is 0 Å². The zero-order chi connectivity index (χ0) is 9.97. The van der Waals surface area contributed by atoms with Gasteiger partial charge >= 0.3 is 0 Å². The van der Waals surface area contributed by atoms with Gasteiger partial charge in [-0.25, -0.2) is 0 Å². The van der Waals surface area contributed by atoms with Gasteiger partial charge in [0, 0.05) is 11.8 Å². The van der Waals surface area contributed by atoms with Gasteiger partial charge in [-0.1, -0.05) is 0 Å². The lowest BCUT2D eigenvalue weighted by atomic mass is 10.1. The first-order valence-corrected chi connectivity index (χ1v) is 4.55. The molecule has 2 rings (SSSR count). The molecule has 0 bridgehead atoms. The van der Waals surface area contributed by atoms with Crippen LogP contribution >= 0.6 is 0 Å². The Balaban J connectivity index is 2.23. The summed E-state index contributed by atoms with van der Waals surface area (Å²) in [4.78, 5) is 0. The van der Waals surface area contributed by atoms with Crippen molar-refractivity contribution >= 4 is 5.69 Å². The van der Waals surface area contributed by atoms with Crippen molar-refractivity contribution in [3.05, 3.63) is 17.7 Å². The van der Waals surface area contributed by atoms with Crippen LogP contribution in [0.25, 0.3) is 0 Å². The molecular formula is C10H12FNO2. The molecule has 2 N–H and O–H groups in total. The molecule has 0 spiro atoms. The fourth-order valence-electron chi connectivity index (χ4n) is 1.47. The molecule has 3 nitrogen and oxygen atoms in total. The first-order valence-electron chi connectivity index (χ1n) is 4.55. The van der Waals surface area contributed by atoms with Gasteiger partial charge in [0.05, 0.1) is 6.67 Å². The van der Waals surface area contributed by atoms with Crippen LogP contribution in [0.5, 0.6) is 11.5 Å². The molecule has 0 amide bonds. The Morgan fingerprint density at radius 3 is 2.71 bits per heavy atom. The minimum atomic E-state index is -0.326. The summed E-state index contributed by atoms with van der Waals surface area (Å²) in [6, 6.07) is 3.56. The normalized spacial score (nSPS) is 13.2. The lowest BCUT2D eigenvalue weighted by molar-refractivity contribution is 0.174. The number of hydrogen-bond acceptors (Lipinski definition) is 3. The molecule has 4 heteroatoms. The Bertz CT molecular complexity index is 341. The number of ether oxygens (including phenoxy) is 2. The fraction of sp³-hybridized carbons (Fsp3) is 0.400. The number of benzene rings is 1. The largest absolute Gasteiger partial charge is 0.454 e. The molecule has 1 aliphatic rings. The second-order valence-corrected chi connectivity index (χ2v) is 3.20. The zero-order valence-electron chi connectivity index (χ0n) is 7.75. The maximum absolute atomic E-state index is 12.0. The predicted molar refractivity (Wildman–Crippen MR) is 51.3 cm³/mol. The smallest absolute Gasteiger partial charge is 0.231 e. The quantitative estimate of drug-likeness (QED) is 0.752. The number of fused-ring (bicyclic) bond motifs is 1. The molecular weight excluding hydrogens is 185 g/mol. The van der Waals surface area contributed by atoms with Gasteiger partial charge in [0.1, 0.15) is 0 Å². The summed E-state index contributed by atoms with van der Waals surface area (Å²) >= 11 is 0. The summed E-state index contributed by atoms with van der Waals surface area (Å²) in [6.07, 6.45) is 1.13. The third-order valence-corrected chi connectivity index (χ3v) is 2.21. The molecule has 0 aromatic heterocycles. The number of anilines is 1. The standard InChI is InChI=1S/C10H12FNO2/c11-3-1-2-7-4-9-10(5-8(7)12)14-6-13-9/h4-5H,1-3,6,12H2. The van der Waals surface area contributed by atoms with Gasteiger partial charge in [0.15, 0.2) is 11.5 Å². The van der Waals surface area contributed by atoms with Gasteiger partial charge in [-0.15, -0.1) is 0 Å². The van der Waals surface area contributed by atoms with Gasteiger partial charge in [-0.3, -0.25) is 4.39 Å². The fourth-order valence-corrected chi connectivity index (χ4v) is 1.47. The van der Waals surface area contributed by atoms with Crippen LogP contribution in [0.3, 0.4) is 0 Å². The van der Waals surface area contributed by atoms with Crippen LogP contribution in [0, 0.1) is 0 Å².